The van der Waals surface area contributed by atoms with E-state index in [1.165, 1.54) is 16.9 Å². The van der Waals surface area contributed by atoms with Crippen LogP contribution in [0.5, 0.6) is 11.5 Å². The van der Waals surface area contributed by atoms with Crippen LogP contribution in [-0.2, 0) is 17.6 Å². The summed E-state index contributed by atoms with van der Waals surface area (Å²) in [5, 5.41) is 9.95. The molecule has 0 aliphatic heterocycles. The van der Waals surface area contributed by atoms with Crippen molar-refractivity contribution in [2.45, 2.75) is 65.2 Å². The lowest BCUT2D eigenvalue weighted by atomic mass is 9.98. The number of ether oxygens (including phenoxy) is 2. The normalized spacial score (nSPS) is 14.5. The number of aryl methyl sites for hydroxylation is 3. The second kappa shape index (κ2) is 11.7. The maximum atomic E-state index is 11.8. The summed E-state index contributed by atoms with van der Waals surface area (Å²) in [7, 11) is 0. The minimum absolute atomic E-state index is 0.0504. The third kappa shape index (κ3) is 6.13. The fourth-order valence-corrected chi connectivity index (χ4v) is 5.75. The van der Waals surface area contributed by atoms with E-state index >= 15 is 0 Å². The fraction of sp³-hybridized carbons (Fsp3) is 0.414. The molecule has 2 aromatic carbocycles. The van der Waals surface area contributed by atoms with Gasteiger partial charge in [0.15, 0.2) is 5.78 Å². The number of fused-ring (bicyclic) bond motifs is 1. The van der Waals surface area contributed by atoms with Gasteiger partial charge in [-0.05, 0) is 79.1 Å². The average Bonchev–Trinajstić information content (AvgIpc) is 3.42. The maximum Gasteiger partial charge on any atom is 0.303 e. The lowest BCUT2D eigenvalue weighted by molar-refractivity contribution is -0.137. The van der Waals surface area contributed by atoms with Crippen molar-refractivity contribution in [3.05, 3.63) is 63.7 Å². The maximum absolute atomic E-state index is 11.8. The van der Waals surface area contributed by atoms with Crippen molar-refractivity contribution in [3.63, 3.8) is 0 Å². The molecule has 1 atom stereocenters. The molecule has 7 heteroatoms. The van der Waals surface area contributed by atoms with Gasteiger partial charge in [0.2, 0.25) is 0 Å². The first kappa shape index (κ1) is 25.9. The molecular weight excluding hydrogens is 474 g/mol. The van der Waals surface area contributed by atoms with Gasteiger partial charge in [-0.1, -0.05) is 19.4 Å². The molecule has 0 unspecified atom stereocenters. The van der Waals surface area contributed by atoms with Crippen LogP contribution in [0.25, 0.3) is 10.6 Å². The Morgan fingerprint density at radius 1 is 1.14 bits per heavy atom. The number of rotatable bonds is 12. The molecular formula is C29H33NO5S. The number of benzene rings is 2. The molecule has 0 fully saturated rings. The Bertz CT molecular complexity index is 1250. The number of aromatic nitrogens is 1. The number of thiazole rings is 1. The van der Waals surface area contributed by atoms with E-state index in [4.69, 9.17) is 14.6 Å². The largest absolute Gasteiger partial charge is 0.493 e. The molecule has 3 aromatic rings. The summed E-state index contributed by atoms with van der Waals surface area (Å²) in [6.45, 7) is 6.70. The minimum atomic E-state index is -0.745. The third-order valence-electron chi connectivity index (χ3n) is 6.50. The molecule has 190 valence electrons. The van der Waals surface area contributed by atoms with Gasteiger partial charge >= 0.3 is 5.97 Å². The molecule has 0 amide bonds. The number of carboxylic acids is 1. The van der Waals surface area contributed by atoms with E-state index in [0.29, 0.717) is 18.1 Å². The van der Waals surface area contributed by atoms with Crippen molar-refractivity contribution in [3.8, 4) is 22.1 Å². The van der Waals surface area contributed by atoms with E-state index in [1.54, 1.807) is 6.92 Å². The second-order valence-corrected chi connectivity index (χ2v) is 10.3. The van der Waals surface area contributed by atoms with Crippen LogP contribution < -0.4 is 9.47 Å². The Morgan fingerprint density at radius 3 is 2.67 bits per heavy atom. The van der Waals surface area contributed by atoms with Crippen LogP contribution in [0.3, 0.4) is 0 Å². The van der Waals surface area contributed by atoms with Crippen LogP contribution >= 0.6 is 11.3 Å². The number of Topliss-reactive ketones (excluding diaryl/α,β-unsaturated/α-hetero) is 1. The number of ketones is 1. The Labute approximate surface area is 216 Å². The lowest BCUT2D eigenvalue weighted by Gasteiger charge is -2.13. The van der Waals surface area contributed by atoms with Crippen molar-refractivity contribution < 1.29 is 24.2 Å². The Hall–Kier alpha value is -3.19. The highest BCUT2D eigenvalue weighted by molar-refractivity contribution is 7.17. The summed E-state index contributed by atoms with van der Waals surface area (Å²) >= 11 is 1.44. The van der Waals surface area contributed by atoms with Crippen LogP contribution in [0.4, 0.5) is 0 Å². The van der Waals surface area contributed by atoms with E-state index in [9.17, 15) is 9.59 Å². The zero-order valence-electron chi connectivity index (χ0n) is 21.1. The van der Waals surface area contributed by atoms with Crippen molar-refractivity contribution >= 4 is 23.1 Å². The SMILES string of the molecule is CCCc1cc(-c2nc(C)c(C(C)=O)s2)ccc1OCCCOc1ccc2c(c1)CC[C@H]2CC(=O)O. The van der Waals surface area contributed by atoms with Crippen molar-refractivity contribution in [2.24, 2.45) is 0 Å². The van der Waals surface area contributed by atoms with Crippen molar-refractivity contribution in [2.75, 3.05) is 13.2 Å². The van der Waals surface area contributed by atoms with E-state index in [2.05, 4.69) is 18.0 Å². The Balaban J connectivity index is 1.31. The van der Waals surface area contributed by atoms with E-state index in [0.717, 1.165) is 71.0 Å². The lowest BCUT2D eigenvalue weighted by Crippen LogP contribution is -2.06. The summed E-state index contributed by atoms with van der Waals surface area (Å²) in [6, 6.07) is 12.1. The van der Waals surface area contributed by atoms with Crippen LogP contribution in [0, 0.1) is 6.92 Å². The van der Waals surface area contributed by atoms with Gasteiger partial charge in [-0.15, -0.1) is 11.3 Å². The van der Waals surface area contributed by atoms with Gasteiger partial charge < -0.3 is 14.6 Å². The molecule has 4 rings (SSSR count). The number of hydrogen-bond donors (Lipinski definition) is 1. The predicted molar refractivity (Wildman–Crippen MR) is 142 cm³/mol. The van der Waals surface area contributed by atoms with Crippen LogP contribution in [0.15, 0.2) is 36.4 Å². The number of nitrogens with zero attached hydrogens (tertiary/aromatic N) is 1. The van der Waals surface area contributed by atoms with Gasteiger partial charge in [0.05, 0.1) is 30.2 Å². The number of hydrogen-bond acceptors (Lipinski definition) is 6. The summed E-state index contributed by atoms with van der Waals surface area (Å²) < 4.78 is 12.0. The molecule has 1 N–H and O–H groups in total. The molecule has 6 nitrogen and oxygen atoms in total. The van der Waals surface area contributed by atoms with E-state index in [-0.39, 0.29) is 18.1 Å². The van der Waals surface area contributed by atoms with Crippen molar-refractivity contribution in [1.82, 2.24) is 4.98 Å². The van der Waals surface area contributed by atoms with E-state index in [1.807, 2.05) is 37.3 Å². The molecule has 0 bridgehead atoms. The first-order valence-electron chi connectivity index (χ1n) is 12.6. The monoisotopic (exact) mass is 507 g/mol. The van der Waals surface area contributed by atoms with Gasteiger partial charge in [-0.25, -0.2) is 4.98 Å². The summed E-state index contributed by atoms with van der Waals surface area (Å²) in [6.07, 6.45) is 4.64. The number of carbonyl (C=O) groups excluding carboxylic acids is 1. The zero-order valence-corrected chi connectivity index (χ0v) is 22.0. The fourth-order valence-electron chi connectivity index (χ4n) is 4.79. The Morgan fingerprint density at radius 2 is 1.94 bits per heavy atom. The number of aliphatic carboxylic acids is 1. The number of carbonyl (C=O) groups is 2. The average molecular weight is 508 g/mol. The standard InChI is InChI=1S/C29H33NO5S/c1-4-6-22-15-23(29-30-18(2)28(36-29)19(3)31)9-12-26(22)35-14-5-13-34-24-10-11-25-20(16-24)7-8-21(25)17-27(32)33/h9-12,15-16,21H,4-8,13-14,17H2,1-3H3,(H,32,33)/t21-/m0/s1. The van der Waals surface area contributed by atoms with Crippen LogP contribution in [0.1, 0.15) is 77.5 Å². The molecule has 1 aromatic heterocycles. The van der Waals surface area contributed by atoms with E-state index < -0.39 is 5.97 Å². The van der Waals surface area contributed by atoms with Crippen LogP contribution in [0.2, 0.25) is 0 Å². The summed E-state index contributed by atoms with van der Waals surface area (Å²) in [4.78, 5) is 28.2. The minimum Gasteiger partial charge on any atom is -0.493 e. The number of carboxylic acid groups (broad SMARTS) is 1. The molecule has 0 saturated heterocycles. The molecule has 1 heterocycles. The molecule has 0 radical (unpaired) electrons. The van der Waals surface area contributed by atoms with Crippen LogP contribution in [-0.4, -0.2) is 35.1 Å². The molecule has 1 aliphatic rings. The van der Waals surface area contributed by atoms with Crippen molar-refractivity contribution in [1.29, 1.82) is 0 Å². The molecule has 1 aliphatic carbocycles. The van der Waals surface area contributed by atoms with Gasteiger partial charge in [0, 0.05) is 18.9 Å². The highest BCUT2D eigenvalue weighted by atomic mass is 32.1. The first-order valence-corrected chi connectivity index (χ1v) is 13.4. The molecule has 0 saturated carbocycles. The first-order chi connectivity index (χ1) is 17.4. The second-order valence-electron chi connectivity index (χ2n) is 9.31. The van der Waals surface area contributed by atoms with Gasteiger partial charge in [-0.2, -0.15) is 0 Å². The highest BCUT2D eigenvalue weighted by Crippen LogP contribution is 2.37. The third-order valence-corrected chi connectivity index (χ3v) is 7.80. The Kier molecular flexibility index (Phi) is 8.41. The van der Waals surface area contributed by atoms with Gasteiger partial charge in [0.1, 0.15) is 16.5 Å². The zero-order chi connectivity index (χ0) is 25.7. The summed E-state index contributed by atoms with van der Waals surface area (Å²) in [5.74, 6) is 1.12. The quantitative estimate of drug-likeness (QED) is 0.219. The summed E-state index contributed by atoms with van der Waals surface area (Å²) in [5.41, 5.74) is 5.28. The van der Waals surface area contributed by atoms with Gasteiger partial charge in [0.25, 0.3) is 0 Å². The smallest absolute Gasteiger partial charge is 0.303 e. The highest BCUT2D eigenvalue weighted by Gasteiger charge is 2.25. The van der Waals surface area contributed by atoms with Gasteiger partial charge in [-0.3, -0.25) is 9.59 Å². The predicted octanol–water partition coefficient (Wildman–Crippen LogP) is 6.63. The molecule has 36 heavy (non-hydrogen) atoms. The topological polar surface area (TPSA) is 85.7 Å². The molecule has 0 spiro atoms.